The van der Waals surface area contributed by atoms with Crippen molar-refractivity contribution in [3.63, 3.8) is 0 Å². The lowest BCUT2D eigenvalue weighted by atomic mass is 10.2. The molecular weight excluding hydrogens is 298 g/mol. The van der Waals surface area contributed by atoms with Gasteiger partial charge in [-0.15, -0.1) is 0 Å². The lowest BCUT2D eigenvalue weighted by Gasteiger charge is -2.06. The summed E-state index contributed by atoms with van der Waals surface area (Å²) in [6.45, 7) is 1.49. The molecule has 0 aliphatic carbocycles. The molecule has 0 saturated heterocycles. The number of nitrogens with one attached hydrogen (secondary N) is 1. The second kappa shape index (κ2) is 6.27. The highest BCUT2D eigenvalue weighted by Gasteiger charge is 2.12. The summed E-state index contributed by atoms with van der Waals surface area (Å²) >= 11 is 0. The van der Waals surface area contributed by atoms with Gasteiger partial charge in [0.2, 0.25) is 0 Å². The molecule has 0 saturated carbocycles. The van der Waals surface area contributed by atoms with Gasteiger partial charge in [-0.3, -0.25) is 4.79 Å². The van der Waals surface area contributed by atoms with E-state index in [9.17, 15) is 9.59 Å². The first-order chi connectivity index (χ1) is 11.1. The number of esters is 1. The van der Waals surface area contributed by atoms with E-state index >= 15 is 0 Å². The summed E-state index contributed by atoms with van der Waals surface area (Å²) in [4.78, 5) is 31.7. The van der Waals surface area contributed by atoms with Crippen LogP contribution in [0.25, 0.3) is 11.1 Å². The van der Waals surface area contributed by atoms with E-state index in [-0.39, 0.29) is 5.56 Å². The van der Waals surface area contributed by atoms with Crippen LogP contribution in [-0.2, 0) is 9.53 Å². The number of nitrogens with zero attached hydrogens (tertiary/aromatic N) is 2. The first-order valence-corrected chi connectivity index (χ1v) is 6.85. The van der Waals surface area contributed by atoms with Crippen molar-refractivity contribution in [3.05, 3.63) is 54.0 Å². The first-order valence-electron chi connectivity index (χ1n) is 6.85. The van der Waals surface area contributed by atoms with E-state index in [2.05, 4.69) is 15.3 Å². The number of aromatic nitrogens is 2. The molecule has 0 radical (unpaired) electrons. The van der Waals surface area contributed by atoms with Crippen molar-refractivity contribution in [1.82, 2.24) is 9.97 Å². The fourth-order valence-electron chi connectivity index (χ4n) is 1.92. The van der Waals surface area contributed by atoms with Crippen LogP contribution in [0.1, 0.15) is 15.9 Å². The number of hydrogen-bond acceptors (Lipinski definition) is 6. The van der Waals surface area contributed by atoms with E-state index in [0.717, 1.165) is 5.56 Å². The SMILES string of the molecule is Cc1ccc(NC(=O)COC(=O)c2ccc3ncoc3c2)nc1. The average Bonchev–Trinajstić information content (AvgIpc) is 3.02. The molecule has 0 spiro atoms. The van der Waals surface area contributed by atoms with Crippen molar-refractivity contribution >= 4 is 28.8 Å². The molecule has 0 atom stereocenters. The summed E-state index contributed by atoms with van der Waals surface area (Å²) in [6, 6.07) is 8.22. The van der Waals surface area contributed by atoms with Crippen LogP contribution in [0.15, 0.2) is 47.3 Å². The number of aryl methyl sites for hydroxylation is 1. The monoisotopic (exact) mass is 311 g/mol. The molecule has 2 heterocycles. The lowest BCUT2D eigenvalue weighted by Crippen LogP contribution is -2.21. The zero-order valence-electron chi connectivity index (χ0n) is 12.3. The Bertz CT molecular complexity index is 855. The standard InChI is InChI=1S/C16H13N3O4/c1-10-2-5-14(17-7-10)19-15(20)8-22-16(21)11-3-4-12-13(6-11)23-9-18-12/h2-7,9H,8H2,1H3,(H,17,19,20). The van der Waals surface area contributed by atoms with E-state index in [4.69, 9.17) is 9.15 Å². The quantitative estimate of drug-likeness (QED) is 0.743. The molecule has 3 aromatic rings. The number of rotatable bonds is 4. The largest absolute Gasteiger partial charge is 0.452 e. The molecule has 1 N–H and O–H groups in total. The Balaban J connectivity index is 1.57. The molecule has 116 valence electrons. The topological polar surface area (TPSA) is 94.3 Å². The number of ether oxygens (including phenoxy) is 1. The van der Waals surface area contributed by atoms with Crippen LogP contribution in [0.5, 0.6) is 0 Å². The van der Waals surface area contributed by atoms with Crippen LogP contribution in [0.4, 0.5) is 5.82 Å². The van der Waals surface area contributed by atoms with E-state index in [1.54, 1.807) is 24.4 Å². The van der Waals surface area contributed by atoms with Gasteiger partial charge in [0.15, 0.2) is 18.6 Å². The molecule has 1 amide bonds. The molecule has 0 unspecified atom stereocenters. The Kier molecular flexibility index (Phi) is 4.01. The second-order valence-corrected chi connectivity index (χ2v) is 4.88. The summed E-state index contributed by atoms with van der Waals surface area (Å²) < 4.78 is 10.1. The Morgan fingerprint density at radius 2 is 2.09 bits per heavy atom. The number of benzene rings is 1. The first kappa shape index (κ1) is 14.7. The molecule has 3 rings (SSSR count). The van der Waals surface area contributed by atoms with E-state index < -0.39 is 18.5 Å². The molecule has 23 heavy (non-hydrogen) atoms. The zero-order chi connectivity index (χ0) is 16.2. The third-order valence-corrected chi connectivity index (χ3v) is 3.08. The maximum Gasteiger partial charge on any atom is 0.338 e. The number of hydrogen-bond donors (Lipinski definition) is 1. The maximum atomic E-state index is 11.9. The van der Waals surface area contributed by atoms with Crippen LogP contribution < -0.4 is 5.32 Å². The molecule has 0 fully saturated rings. The Hall–Kier alpha value is -3.22. The number of oxazole rings is 1. The third kappa shape index (κ3) is 3.52. The minimum Gasteiger partial charge on any atom is -0.452 e. The molecular formula is C16H13N3O4. The van der Waals surface area contributed by atoms with Gasteiger partial charge in [0.25, 0.3) is 5.91 Å². The van der Waals surface area contributed by atoms with Crippen molar-refractivity contribution < 1.29 is 18.7 Å². The Morgan fingerprint density at radius 3 is 2.87 bits per heavy atom. The average molecular weight is 311 g/mol. The number of pyridine rings is 1. The van der Waals surface area contributed by atoms with E-state index in [1.807, 2.05) is 13.0 Å². The molecule has 7 heteroatoms. The maximum absolute atomic E-state index is 11.9. The Labute approximate surface area is 131 Å². The van der Waals surface area contributed by atoms with Crippen LogP contribution in [-0.4, -0.2) is 28.5 Å². The highest BCUT2D eigenvalue weighted by Crippen LogP contribution is 2.15. The fourth-order valence-corrected chi connectivity index (χ4v) is 1.92. The fraction of sp³-hybridized carbons (Fsp3) is 0.125. The summed E-state index contributed by atoms with van der Waals surface area (Å²) in [7, 11) is 0. The molecule has 2 aromatic heterocycles. The molecule has 0 aliphatic heterocycles. The zero-order valence-corrected chi connectivity index (χ0v) is 12.3. The van der Waals surface area contributed by atoms with E-state index in [0.29, 0.717) is 16.9 Å². The van der Waals surface area contributed by atoms with Crippen LogP contribution >= 0.6 is 0 Å². The highest BCUT2D eigenvalue weighted by atomic mass is 16.5. The van der Waals surface area contributed by atoms with E-state index in [1.165, 1.54) is 12.5 Å². The van der Waals surface area contributed by atoms with Gasteiger partial charge in [-0.05, 0) is 36.8 Å². The van der Waals surface area contributed by atoms with Crippen LogP contribution in [0, 0.1) is 6.92 Å². The van der Waals surface area contributed by atoms with Crippen molar-refractivity contribution in [1.29, 1.82) is 0 Å². The number of carbonyl (C=O) groups excluding carboxylic acids is 2. The molecule has 1 aromatic carbocycles. The van der Waals surface area contributed by atoms with Gasteiger partial charge in [0.1, 0.15) is 11.3 Å². The summed E-state index contributed by atoms with van der Waals surface area (Å²) in [6.07, 6.45) is 2.93. The van der Waals surface area contributed by atoms with Gasteiger partial charge in [0, 0.05) is 6.20 Å². The van der Waals surface area contributed by atoms with Crippen molar-refractivity contribution in [3.8, 4) is 0 Å². The molecule has 0 bridgehead atoms. The van der Waals surface area contributed by atoms with Gasteiger partial charge in [0.05, 0.1) is 5.56 Å². The third-order valence-electron chi connectivity index (χ3n) is 3.08. The highest BCUT2D eigenvalue weighted by molar-refractivity contribution is 5.96. The number of anilines is 1. The second-order valence-electron chi connectivity index (χ2n) is 4.88. The summed E-state index contributed by atoms with van der Waals surface area (Å²) in [5, 5.41) is 2.55. The normalized spacial score (nSPS) is 10.5. The van der Waals surface area contributed by atoms with Gasteiger partial charge < -0.3 is 14.5 Å². The summed E-state index contributed by atoms with van der Waals surface area (Å²) in [5.74, 6) is -0.675. The molecule has 0 aliphatic rings. The predicted molar refractivity (Wildman–Crippen MR) is 81.9 cm³/mol. The predicted octanol–water partition coefficient (Wildman–Crippen LogP) is 2.33. The Morgan fingerprint density at radius 1 is 1.22 bits per heavy atom. The minimum absolute atomic E-state index is 0.288. The minimum atomic E-state index is -0.615. The molecule has 7 nitrogen and oxygen atoms in total. The number of amides is 1. The summed E-state index contributed by atoms with van der Waals surface area (Å²) in [5.41, 5.74) is 2.39. The van der Waals surface area contributed by atoms with Crippen molar-refractivity contribution in [2.24, 2.45) is 0 Å². The van der Waals surface area contributed by atoms with Gasteiger partial charge >= 0.3 is 5.97 Å². The van der Waals surface area contributed by atoms with Crippen LogP contribution in [0.2, 0.25) is 0 Å². The van der Waals surface area contributed by atoms with Gasteiger partial charge in [-0.25, -0.2) is 14.8 Å². The van der Waals surface area contributed by atoms with Gasteiger partial charge in [-0.2, -0.15) is 0 Å². The van der Waals surface area contributed by atoms with Gasteiger partial charge in [-0.1, -0.05) is 6.07 Å². The van der Waals surface area contributed by atoms with Crippen LogP contribution in [0.3, 0.4) is 0 Å². The number of fused-ring (bicyclic) bond motifs is 1. The van der Waals surface area contributed by atoms with Crippen molar-refractivity contribution in [2.45, 2.75) is 6.92 Å². The lowest BCUT2D eigenvalue weighted by molar-refractivity contribution is -0.119. The van der Waals surface area contributed by atoms with Crippen molar-refractivity contribution in [2.75, 3.05) is 11.9 Å². The smallest absolute Gasteiger partial charge is 0.338 e. The number of carbonyl (C=O) groups is 2.